The van der Waals surface area contributed by atoms with Gasteiger partial charge in [-0.1, -0.05) is 23.7 Å². The van der Waals surface area contributed by atoms with Gasteiger partial charge in [0, 0.05) is 23.3 Å². The molecule has 0 aliphatic carbocycles. The van der Waals surface area contributed by atoms with Crippen LogP contribution in [0, 0.1) is 0 Å². The van der Waals surface area contributed by atoms with Crippen molar-refractivity contribution in [1.82, 2.24) is 5.43 Å². The molecule has 0 spiro atoms. The Labute approximate surface area is 213 Å². The maximum absolute atomic E-state index is 12.1. The second-order valence-corrected chi connectivity index (χ2v) is 7.90. The number of amides is 3. The molecule has 0 aliphatic rings. The van der Waals surface area contributed by atoms with Crippen LogP contribution in [0.25, 0.3) is 0 Å². The van der Waals surface area contributed by atoms with Crippen molar-refractivity contribution < 1.29 is 23.9 Å². The van der Waals surface area contributed by atoms with E-state index in [0.717, 1.165) is 5.56 Å². The molecular formula is C26H25ClN4O5. The topological polar surface area (TPSA) is 118 Å². The molecule has 36 heavy (non-hydrogen) atoms. The number of carbonyl (C=O) groups excluding carboxylic acids is 3. The lowest BCUT2D eigenvalue weighted by Gasteiger charge is -2.12. The molecule has 3 rings (SSSR count). The quantitative estimate of drug-likeness (QED) is 0.225. The molecule has 3 aromatic rings. The fraction of sp³-hybridized carbons (Fsp3) is 0.154. The Morgan fingerprint density at radius 2 is 1.53 bits per heavy atom. The summed E-state index contributed by atoms with van der Waals surface area (Å²) in [6, 6.07) is 18.9. The lowest BCUT2D eigenvalue weighted by Crippen LogP contribution is -2.32. The van der Waals surface area contributed by atoms with E-state index in [0.29, 0.717) is 46.7 Å². The third-order valence-corrected chi connectivity index (χ3v) is 4.88. The summed E-state index contributed by atoms with van der Waals surface area (Å²) in [5.41, 5.74) is 4.74. The summed E-state index contributed by atoms with van der Waals surface area (Å²) in [5, 5.41) is 9.56. The van der Waals surface area contributed by atoms with Gasteiger partial charge in [0.05, 0.1) is 12.8 Å². The molecule has 0 fully saturated rings. The Kier molecular flexibility index (Phi) is 9.41. The average Bonchev–Trinajstić information content (AvgIpc) is 2.85. The van der Waals surface area contributed by atoms with Gasteiger partial charge in [0.15, 0.2) is 11.5 Å². The number of ether oxygens (including phenoxy) is 2. The number of halogens is 1. The SMILES string of the molecule is CCOc1cc(/C=N/NC(=O)C(=O)Nc2ccc(NC(C)=O)cc2)ccc1OCc1ccc(Cl)cc1. The molecule has 3 N–H and O–H groups in total. The number of anilines is 2. The van der Waals surface area contributed by atoms with Crippen molar-refractivity contribution in [2.45, 2.75) is 20.5 Å². The van der Waals surface area contributed by atoms with E-state index in [1.54, 1.807) is 54.6 Å². The first-order valence-electron chi connectivity index (χ1n) is 11.0. The van der Waals surface area contributed by atoms with Gasteiger partial charge < -0.3 is 20.1 Å². The number of hydrogen-bond acceptors (Lipinski definition) is 6. The van der Waals surface area contributed by atoms with E-state index in [4.69, 9.17) is 21.1 Å². The summed E-state index contributed by atoms with van der Waals surface area (Å²) in [6.45, 7) is 4.02. The van der Waals surface area contributed by atoms with Gasteiger partial charge in [-0.05, 0) is 72.6 Å². The summed E-state index contributed by atoms with van der Waals surface area (Å²) >= 11 is 5.91. The summed E-state index contributed by atoms with van der Waals surface area (Å²) in [5.74, 6) is -0.970. The molecule has 3 aromatic carbocycles. The van der Waals surface area contributed by atoms with Crippen LogP contribution >= 0.6 is 11.6 Å². The number of carbonyl (C=O) groups is 3. The molecule has 186 valence electrons. The lowest BCUT2D eigenvalue weighted by atomic mass is 10.2. The predicted molar refractivity (Wildman–Crippen MR) is 139 cm³/mol. The number of rotatable bonds is 9. The third kappa shape index (κ3) is 8.14. The maximum Gasteiger partial charge on any atom is 0.329 e. The molecule has 0 bridgehead atoms. The second kappa shape index (κ2) is 12.9. The smallest absolute Gasteiger partial charge is 0.329 e. The fourth-order valence-electron chi connectivity index (χ4n) is 2.98. The average molecular weight is 509 g/mol. The van der Waals surface area contributed by atoms with Crippen molar-refractivity contribution in [3.05, 3.63) is 82.9 Å². The summed E-state index contributed by atoms with van der Waals surface area (Å²) in [7, 11) is 0. The first-order chi connectivity index (χ1) is 17.3. The number of hydrazone groups is 1. The van der Waals surface area contributed by atoms with Crippen molar-refractivity contribution in [2.24, 2.45) is 5.10 Å². The highest BCUT2D eigenvalue weighted by Crippen LogP contribution is 2.29. The van der Waals surface area contributed by atoms with E-state index in [1.807, 2.05) is 19.1 Å². The molecule has 9 nitrogen and oxygen atoms in total. The molecule has 10 heteroatoms. The molecule has 0 aliphatic heterocycles. The molecule has 3 amide bonds. The number of nitrogens with zero attached hydrogens (tertiary/aromatic N) is 1. The number of nitrogens with one attached hydrogen (secondary N) is 3. The normalized spacial score (nSPS) is 10.5. The lowest BCUT2D eigenvalue weighted by molar-refractivity contribution is -0.136. The zero-order chi connectivity index (χ0) is 25.9. The standard InChI is InChI=1S/C26H25ClN4O5/c1-3-35-24-14-19(6-13-23(24)36-16-18-4-7-20(27)8-5-18)15-28-31-26(34)25(33)30-22-11-9-21(10-12-22)29-17(2)32/h4-15H,3,16H2,1-2H3,(H,29,32)(H,30,33)(H,31,34)/b28-15+. The van der Waals surface area contributed by atoms with Crippen LogP contribution < -0.4 is 25.5 Å². The van der Waals surface area contributed by atoms with Crippen LogP contribution in [-0.4, -0.2) is 30.5 Å². The second-order valence-electron chi connectivity index (χ2n) is 7.47. The molecule has 0 heterocycles. The van der Waals surface area contributed by atoms with Gasteiger partial charge in [0.25, 0.3) is 0 Å². The van der Waals surface area contributed by atoms with E-state index in [1.165, 1.54) is 13.1 Å². The highest BCUT2D eigenvalue weighted by atomic mass is 35.5. The fourth-order valence-corrected chi connectivity index (χ4v) is 3.10. The summed E-state index contributed by atoms with van der Waals surface area (Å²) in [6.07, 6.45) is 1.39. The van der Waals surface area contributed by atoms with Gasteiger partial charge in [-0.15, -0.1) is 0 Å². The minimum atomic E-state index is -0.940. The van der Waals surface area contributed by atoms with Crippen molar-refractivity contribution in [1.29, 1.82) is 0 Å². The highest BCUT2D eigenvalue weighted by molar-refractivity contribution is 6.39. The van der Waals surface area contributed by atoms with Gasteiger partial charge in [-0.25, -0.2) is 5.43 Å². The minimum absolute atomic E-state index is 0.211. The zero-order valence-electron chi connectivity index (χ0n) is 19.7. The molecule has 0 saturated carbocycles. The monoisotopic (exact) mass is 508 g/mol. The Morgan fingerprint density at radius 1 is 0.861 bits per heavy atom. The maximum atomic E-state index is 12.1. The summed E-state index contributed by atoms with van der Waals surface area (Å²) < 4.78 is 11.5. The number of hydrogen-bond donors (Lipinski definition) is 3. The van der Waals surface area contributed by atoms with Gasteiger partial charge in [0.2, 0.25) is 5.91 Å². The molecule has 0 aromatic heterocycles. The molecule has 0 atom stereocenters. The third-order valence-electron chi connectivity index (χ3n) is 4.62. The van der Waals surface area contributed by atoms with Crippen molar-refractivity contribution >= 4 is 46.9 Å². The molecular weight excluding hydrogens is 484 g/mol. The van der Waals surface area contributed by atoms with Crippen LogP contribution in [0.4, 0.5) is 11.4 Å². The highest BCUT2D eigenvalue weighted by Gasteiger charge is 2.13. The van der Waals surface area contributed by atoms with Crippen LogP contribution in [0.3, 0.4) is 0 Å². The van der Waals surface area contributed by atoms with Crippen molar-refractivity contribution in [2.75, 3.05) is 17.2 Å². The first kappa shape index (κ1) is 26.2. The Bertz CT molecular complexity index is 1240. The first-order valence-corrected chi connectivity index (χ1v) is 11.4. The van der Waals surface area contributed by atoms with E-state index in [9.17, 15) is 14.4 Å². The molecule has 0 saturated heterocycles. The van der Waals surface area contributed by atoms with Gasteiger partial charge >= 0.3 is 11.8 Å². The van der Waals surface area contributed by atoms with Gasteiger partial charge in [-0.2, -0.15) is 5.10 Å². The van der Waals surface area contributed by atoms with Crippen LogP contribution in [0.1, 0.15) is 25.0 Å². The van der Waals surface area contributed by atoms with E-state index in [2.05, 4.69) is 21.2 Å². The van der Waals surface area contributed by atoms with Crippen molar-refractivity contribution in [3.8, 4) is 11.5 Å². The van der Waals surface area contributed by atoms with Gasteiger partial charge in [-0.3, -0.25) is 14.4 Å². The van der Waals surface area contributed by atoms with Gasteiger partial charge in [0.1, 0.15) is 6.61 Å². The predicted octanol–water partition coefficient (Wildman–Crippen LogP) is 4.36. The van der Waals surface area contributed by atoms with Crippen LogP contribution in [-0.2, 0) is 21.0 Å². The zero-order valence-corrected chi connectivity index (χ0v) is 20.5. The Morgan fingerprint density at radius 3 is 2.17 bits per heavy atom. The Balaban J connectivity index is 1.55. The van der Waals surface area contributed by atoms with Crippen LogP contribution in [0.15, 0.2) is 71.8 Å². The minimum Gasteiger partial charge on any atom is -0.490 e. The van der Waals surface area contributed by atoms with Crippen LogP contribution in [0.5, 0.6) is 11.5 Å². The number of benzene rings is 3. The van der Waals surface area contributed by atoms with Crippen LogP contribution in [0.2, 0.25) is 5.02 Å². The largest absolute Gasteiger partial charge is 0.490 e. The molecule has 0 radical (unpaired) electrons. The summed E-state index contributed by atoms with van der Waals surface area (Å²) in [4.78, 5) is 35.2. The Hall–Kier alpha value is -4.37. The molecule has 0 unspecified atom stereocenters. The van der Waals surface area contributed by atoms with E-state index < -0.39 is 11.8 Å². The van der Waals surface area contributed by atoms with E-state index >= 15 is 0 Å². The van der Waals surface area contributed by atoms with E-state index in [-0.39, 0.29) is 5.91 Å². The van der Waals surface area contributed by atoms with Crippen molar-refractivity contribution in [3.63, 3.8) is 0 Å².